The Hall–Kier alpha value is -2.47. The van der Waals surface area contributed by atoms with Gasteiger partial charge in [0, 0.05) is 55.5 Å². The highest BCUT2D eigenvalue weighted by atomic mass is 16.3. The van der Waals surface area contributed by atoms with Crippen LogP contribution in [0.3, 0.4) is 0 Å². The van der Waals surface area contributed by atoms with E-state index in [4.69, 9.17) is 9.97 Å². The lowest BCUT2D eigenvalue weighted by Crippen LogP contribution is -2.47. The van der Waals surface area contributed by atoms with Crippen LogP contribution in [0.1, 0.15) is 43.4 Å². The fraction of sp³-hybridized carbons (Fsp3) is 0.560. The number of likely N-dealkylation sites (tertiary alicyclic amines) is 1. The van der Waals surface area contributed by atoms with Crippen molar-refractivity contribution in [3.8, 4) is 11.4 Å². The molecule has 1 aliphatic carbocycles. The van der Waals surface area contributed by atoms with E-state index in [9.17, 15) is 9.90 Å². The third kappa shape index (κ3) is 4.18. The van der Waals surface area contributed by atoms with Crippen molar-refractivity contribution in [3.63, 3.8) is 0 Å². The first-order valence-electron chi connectivity index (χ1n) is 11.8. The summed E-state index contributed by atoms with van der Waals surface area (Å²) < 4.78 is 0. The Morgan fingerprint density at radius 2 is 1.81 bits per heavy atom. The second-order valence-corrected chi connectivity index (χ2v) is 9.25. The van der Waals surface area contributed by atoms with Crippen molar-refractivity contribution in [1.82, 2.24) is 14.9 Å². The van der Waals surface area contributed by atoms with E-state index in [-0.39, 0.29) is 24.3 Å². The number of carbonyl (C=O) groups excluding carboxylic acids is 1. The average molecular weight is 421 g/mol. The normalized spacial score (nSPS) is 21.9. The van der Waals surface area contributed by atoms with Crippen LogP contribution in [0.5, 0.6) is 0 Å². The summed E-state index contributed by atoms with van der Waals surface area (Å²) >= 11 is 0. The van der Waals surface area contributed by atoms with Gasteiger partial charge in [0.05, 0.1) is 0 Å². The Morgan fingerprint density at radius 3 is 2.58 bits per heavy atom. The lowest BCUT2D eigenvalue weighted by Gasteiger charge is -2.38. The Morgan fingerprint density at radius 1 is 1.00 bits per heavy atom. The van der Waals surface area contributed by atoms with E-state index in [0.29, 0.717) is 0 Å². The molecule has 5 rings (SSSR count). The number of aromatic nitrogens is 2. The van der Waals surface area contributed by atoms with Gasteiger partial charge in [0.2, 0.25) is 5.91 Å². The van der Waals surface area contributed by atoms with Crippen molar-refractivity contribution in [2.45, 2.75) is 44.9 Å². The van der Waals surface area contributed by atoms with Crippen LogP contribution < -0.4 is 4.90 Å². The maximum Gasteiger partial charge on any atom is 0.225 e. The second kappa shape index (κ2) is 8.95. The van der Waals surface area contributed by atoms with Crippen molar-refractivity contribution in [2.24, 2.45) is 11.8 Å². The largest absolute Gasteiger partial charge is 0.396 e. The highest BCUT2D eigenvalue weighted by Crippen LogP contribution is 2.34. The molecule has 0 saturated carbocycles. The van der Waals surface area contributed by atoms with Gasteiger partial charge in [-0.1, -0.05) is 30.3 Å². The molecule has 1 amide bonds. The molecule has 2 aromatic rings. The number of anilines is 1. The molecule has 1 aromatic carbocycles. The van der Waals surface area contributed by atoms with E-state index in [0.717, 1.165) is 88.3 Å². The Kier molecular flexibility index (Phi) is 5.90. The van der Waals surface area contributed by atoms with Crippen molar-refractivity contribution >= 4 is 11.7 Å². The summed E-state index contributed by atoms with van der Waals surface area (Å²) in [4.78, 5) is 27.4. The van der Waals surface area contributed by atoms with Crippen LogP contribution >= 0.6 is 0 Å². The minimum Gasteiger partial charge on any atom is -0.396 e. The third-order valence-corrected chi connectivity index (χ3v) is 7.18. The van der Waals surface area contributed by atoms with Gasteiger partial charge in [0.25, 0.3) is 0 Å². The van der Waals surface area contributed by atoms with Crippen LogP contribution in [-0.4, -0.2) is 58.7 Å². The molecule has 0 unspecified atom stereocenters. The van der Waals surface area contributed by atoms with Crippen LogP contribution in [0.15, 0.2) is 30.3 Å². The standard InChI is InChI=1S/C25H32N4O2/c30-17-18-6-5-13-29(16-18)25(31)20-11-14-28(15-12-20)24-21-9-4-10-22(21)26-23(27-24)19-7-2-1-3-8-19/h1-3,7-8,18,20,30H,4-6,9-17H2/t18-/m1/s1. The van der Waals surface area contributed by atoms with Crippen molar-refractivity contribution in [2.75, 3.05) is 37.7 Å². The molecule has 0 spiro atoms. The summed E-state index contributed by atoms with van der Waals surface area (Å²) in [5, 5.41) is 9.49. The minimum atomic E-state index is 0.0946. The molecule has 164 valence electrons. The molecule has 1 atom stereocenters. The summed E-state index contributed by atoms with van der Waals surface area (Å²) in [6.07, 6.45) is 7.00. The Labute approximate surface area is 184 Å². The second-order valence-electron chi connectivity index (χ2n) is 9.25. The molecule has 3 aliphatic rings. The Bertz CT molecular complexity index is 925. The zero-order valence-electron chi connectivity index (χ0n) is 18.2. The predicted molar refractivity (Wildman–Crippen MR) is 121 cm³/mol. The lowest BCUT2D eigenvalue weighted by molar-refractivity contribution is -0.138. The first-order chi connectivity index (χ1) is 15.2. The van der Waals surface area contributed by atoms with Crippen LogP contribution in [-0.2, 0) is 17.6 Å². The number of amides is 1. The number of hydrogen-bond donors (Lipinski definition) is 1. The average Bonchev–Trinajstić information content (AvgIpc) is 3.32. The number of benzene rings is 1. The fourth-order valence-corrected chi connectivity index (χ4v) is 5.40. The number of rotatable bonds is 4. The summed E-state index contributed by atoms with van der Waals surface area (Å²) in [5.74, 6) is 2.54. The Balaban J connectivity index is 1.31. The number of hydrogen-bond acceptors (Lipinski definition) is 5. The SMILES string of the molecule is O=C(C1CCN(c2nc(-c3ccccc3)nc3c2CCC3)CC1)N1CCC[C@@H](CO)C1. The third-order valence-electron chi connectivity index (χ3n) is 7.18. The quantitative estimate of drug-likeness (QED) is 0.823. The van der Waals surface area contributed by atoms with Gasteiger partial charge >= 0.3 is 0 Å². The van der Waals surface area contributed by atoms with Gasteiger partial charge in [-0.15, -0.1) is 0 Å². The van der Waals surface area contributed by atoms with Gasteiger partial charge in [0.15, 0.2) is 5.82 Å². The molecular weight excluding hydrogens is 388 g/mol. The maximum atomic E-state index is 13.1. The van der Waals surface area contributed by atoms with Gasteiger partial charge in [0.1, 0.15) is 5.82 Å². The van der Waals surface area contributed by atoms with E-state index >= 15 is 0 Å². The van der Waals surface area contributed by atoms with Crippen LogP contribution in [0.4, 0.5) is 5.82 Å². The number of aliphatic hydroxyl groups is 1. The van der Waals surface area contributed by atoms with E-state index in [1.54, 1.807) is 0 Å². The summed E-state index contributed by atoms with van der Waals surface area (Å²) in [5.41, 5.74) is 3.57. The molecule has 31 heavy (non-hydrogen) atoms. The number of fused-ring (bicyclic) bond motifs is 1. The first-order valence-corrected chi connectivity index (χ1v) is 11.8. The molecule has 3 heterocycles. The molecule has 1 aromatic heterocycles. The summed E-state index contributed by atoms with van der Waals surface area (Å²) in [6.45, 7) is 3.48. The summed E-state index contributed by atoms with van der Waals surface area (Å²) in [7, 11) is 0. The highest BCUT2D eigenvalue weighted by molar-refractivity contribution is 5.79. The number of piperidine rings is 2. The molecule has 2 saturated heterocycles. The smallest absolute Gasteiger partial charge is 0.225 e. The zero-order valence-corrected chi connectivity index (χ0v) is 18.2. The van der Waals surface area contributed by atoms with Crippen LogP contribution in [0.2, 0.25) is 0 Å². The number of nitrogens with zero attached hydrogens (tertiary/aromatic N) is 4. The van der Waals surface area contributed by atoms with Gasteiger partial charge in [-0.25, -0.2) is 9.97 Å². The first kappa shape index (κ1) is 20.4. The molecule has 2 fully saturated rings. The van der Waals surface area contributed by atoms with Gasteiger partial charge in [-0.3, -0.25) is 4.79 Å². The molecule has 0 radical (unpaired) electrons. The molecule has 1 N–H and O–H groups in total. The van der Waals surface area contributed by atoms with E-state index < -0.39 is 0 Å². The summed E-state index contributed by atoms with van der Waals surface area (Å²) in [6, 6.07) is 10.2. The molecule has 0 bridgehead atoms. The zero-order chi connectivity index (χ0) is 21.2. The number of aryl methyl sites for hydroxylation is 1. The molecule has 6 heteroatoms. The topological polar surface area (TPSA) is 69.6 Å². The van der Waals surface area contributed by atoms with E-state index in [1.165, 1.54) is 11.3 Å². The monoisotopic (exact) mass is 420 g/mol. The van der Waals surface area contributed by atoms with Gasteiger partial charge in [-0.2, -0.15) is 0 Å². The fourth-order valence-electron chi connectivity index (χ4n) is 5.40. The van der Waals surface area contributed by atoms with E-state index in [1.807, 2.05) is 23.1 Å². The van der Waals surface area contributed by atoms with Gasteiger partial charge in [-0.05, 0) is 50.9 Å². The van der Waals surface area contributed by atoms with E-state index in [2.05, 4.69) is 17.0 Å². The van der Waals surface area contributed by atoms with Crippen molar-refractivity contribution in [3.05, 3.63) is 41.6 Å². The van der Waals surface area contributed by atoms with Crippen molar-refractivity contribution < 1.29 is 9.90 Å². The number of carbonyl (C=O) groups is 1. The lowest BCUT2D eigenvalue weighted by atomic mass is 9.92. The van der Waals surface area contributed by atoms with Crippen molar-refractivity contribution in [1.29, 1.82) is 0 Å². The molecule has 6 nitrogen and oxygen atoms in total. The number of aliphatic hydroxyl groups excluding tert-OH is 1. The predicted octanol–water partition coefficient (Wildman–Crippen LogP) is 3.08. The highest BCUT2D eigenvalue weighted by Gasteiger charge is 2.33. The molecular formula is C25H32N4O2. The van der Waals surface area contributed by atoms with Crippen LogP contribution in [0, 0.1) is 11.8 Å². The van der Waals surface area contributed by atoms with Crippen LogP contribution in [0.25, 0.3) is 11.4 Å². The van der Waals surface area contributed by atoms with Gasteiger partial charge < -0.3 is 14.9 Å². The minimum absolute atomic E-state index is 0.0946. The molecule has 2 aliphatic heterocycles. The maximum absolute atomic E-state index is 13.1.